The van der Waals surface area contributed by atoms with Crippen LogP contribution in [-0.2, 0) is 17.9 Å². The van der Waals surface area contributed by atoms with Crippen molar-refractivity contribution in [2.75, 3.05) is 0 Å². The molecule has 0 saturated carbocycles. The highest BCUT2D eigenvalue weighted by molar-refractivity contribution is 6.13. The second-order valence-electron chi connectivity index (χ2n) is 11.6. The SMILES string of the molecule is Cc1cc(C)c2c(oc3nc4c5c(ccc4cc32)C(C)(C)CCC5(C)C)c1-c1cccc[n+]1C. The van der Waals surface area contributed by atoms with E-state index in [9.17, 15) is 0 Å². The maximum Gasteiger partial charge on any atom is 0.227 e. The zero-order valence-electron chi connectivity index (χ0n) is 21.3. The van der Waals surface area contributed by atoms with E-state index in [1.54, 1.807) is 0 Å². The quantitative estimate of drug-likeness (QED) is 0.247. The van der Waals surface area contributed by atoms with Gasteiger partial charge < -0.3 is 4.42 Å². The Labute approximate surface area is 201 Å². The summed E-state index contributed by atoms with van der Waals surface area (Å²) in [6, 6.07) is 15.5. The molecule has 0 saturated heterocycles. The molecule has 6 rings (SSSR count). The van der Waals surface area contributed by atoms with Crippen LogP contribution in [0.2, 0.25) is 0 Å². The van der Waals surface area contributed by atoms with Crippen molar-refractivity contribution in [2.45, 2.75) is 65.2 Å². The monoisotopic (exact) mass is 449 g/mol. The molecule has 0 spiro atoms. The molecule has 0 fully saturated rings. The van der Waals surface area contributed by atoms with Crippen LogP contribution in [0.25, 0.3) is 44.2 Å². The Morgan fingerprint density at radius 2 is 1.68 bits per heavy atom. The predicted molar refractivity (Wildman–Crippen MR) is 140 cm³/mol. The number of fused-ring (bicyclic) bond motifs is 6. The van der Waals surface area contributed by atoms with Gasteiger partial charge >= 0.3 is 0 Å². The number of aryl methyl sites for hydroxylation is 3. The van der Waals surface area contributed by atoms with E-state index < -0.39 is 0 Å². The van der Waals surface area contributed by atoms with Gasteiger partial charge in [0.05, 0.1) is 11.1 Å². The van der Waals surface area contributed by atoms with Crippen molar-refractivity contribution in [3.63, 3.8) is 0 Å². The van der Waals surface area contributed by atoms with Gasteiger partial charge in [0.2, 0.25) is 11.4 Å². The minimum Gasteiger partial charge on any atom is -0.437 e. The largest absolute Gasteiger partial charge is 0.437 e. The van der Waals surface area contributed by atoms with Gasteiger partial charge in [-0.25, -0.2) is 9.55 Å². The van der Waals surface area contributed by atoms with Crippen molar-refractivity contribution in [3.8, 4) is 11.3 Å². The molecule has 3 aromatic heterocycles. The number of nitrogens with zero attached hydrogens (tertiary/aromatic N) is 2. The first-order chi connectivity index (χ1) is 16.1. The fraction of sp³-hybridized carbons (Fsp3) is 0.355. The third-order valence-corrected chi connectivity index (χ3v) is 8.19. The van der Waals surface area contributed by atoms with Crippen LogP contribution in [0.4, 0.5) is 0 Å². The van der Waals surface area contributed by atoms with Crippen LogP contribution in [0.15, 0.2) is 53.1 Å². The Hall–Kier alpha value is -3.20. The molecule has 3 heterocycles. The Morgan fingerprint density at radius 1 is 0.912 bits per heavy atom. The van der Waals surface area contributed by atoms with Crippen molar-refractivity contribution in [2.24, 2.45) is 7.05 Å². The molecule has 0 bridgehead atoms. The predicted octanol–water partition coefficient (Wildman–Crippen LogP) is 7.59. The molecule has 3 heteroatoms. The summed E-state index contributed by atoms with van der Waals surface area (Å²) in [5.41, 5.74) is 10.6. The van der Waals surface area contributed by atoms with Gasteiger partial charge in [-0.3, -0.25) is 0 Å². The van der Waals surface area contributed by atoms with Crippen LogP contribution in [0.1, 0.15) is 62.8 Å². The fourth-order valence-corrected chi connectivity index (χ4v) is 6.20. The lowest BCUT2D eigenvalue weighted by Gasteiger charge is -2.42. The molecule has 0 atom stereocenters. The molecular weight excluding hydrogens is 416 g/mol. The minimum atomic E-state index is 0.0898. The van der Waals surface area contributed by atoms with Crippen molar-refractivity contribution < 1.29 is 8.98 Å². The van der Waals surface area contributed by atoms with Crippen molar-refractivity contribution in [3.05, 3.63) is 70.9 Å². The van der Waals surface area contributed by atoms with Crippen LogP contribution in [0.3, 0.4) is 0 Å². The summed E-state index contributed by atoms with van der Waals surface area (Å²) >= 11 is 0. The molecule has 1 aliphatic rings. The van der Waals surface area contributed by atoms with Gasteiger partial charge in [-0.1, -0.05) is 45.9 Å². The van der Waals surface area contributed by atoms with Crippen molar-refractivity contribution >= 4 is 33.0 Å². The van der Waals surface area contributed by atoms with Crippen LogP contribution < -0.4 is 4.57 Å². The molecule has 0 unspecified atom stereocenters. The molecule has 2 aromatic carbocycles. The van der Waals surface area contributed by atoms with E-state index in [2.05, 4.69) is 102 Å². The molecule has 0 aliphatic heterocycles. The second kappa shape index (κ2) is 6.91. The van der Waals surface area contributed by atoms with Gasteiger partial charge in [0.25, 0.3) is 0 Å². The van der Waals surface area contributed by atoms with Gasteiger partial charge in [0.15, 0.2) is 11.8 Å². The number of aromatic nitrogens is 2. The average Bonchev–Trinajstić information content (AvgIpc) is 3.14. The third-order valence-electron chi connectivity index (χ3n) is 8.19. The molecule has 5 aromatic rings. The third kappa shape index (κ3) is 2.89. The fourth-order valence-electron chi connectivity index (χ4n) is 6.20. The van der Waals surface area contributed by atoms with E-state index in [0.29, 0.717) is 0 Å². The van der Waals surface area contributed by atoms with Gasteiger partial charge in [-0.05, 0) is 71.9 Å². The van der Waals surface area contributed by atoms with E-state index in [0.717, 1.165) is 33.5 Å². The zero-order chi connectivity index (χ0) is 24.0. The Balaban J connectivity index is 1.75. The van der Waals surface area contributed by atoms with Crippen molar-refractivity contribution in [1.82, 2.24) is 4.98 Å². The summed E-state index contributed by atoms with van der Waals surface area (Å²) in [7, 11) is 2.09. The van der Waals surface area contributed by atoms with E-state index >= 15 is 0 Å². The highest BCUT2D eigenvalue weighted by Crippen LogP contribution is 2.49. The molecule has 172 valence electrons. The highest BCUT2D eigenvalue weighted by Gasteiger charge is 2.38. The van der Waals surface area contributed by atoms with Crippen molar-refractivity contribution in [1.29, 1.82) is 0 Å². The molecule has 0 amide bonds. The Morgan fingerprint density at radius 3 is 2.44 bits per heavy atom. The van der Waals surface area contributed by atoms with Crippen LogP contribution in [-0.4, -0.2) is 4.98 Å². The summed E-state index contributed by atoms with van der Waals surface area (Å²) in [6.45, 7) is 13.8. The smallest absolute Gasteiger partial charge is 0.227 e. The highest BCUT2D eigenvalue weighted by atomic mass is 16.3. The summed E-state index contributed by atoms with van der Waals surface area (Å²) in [5, 5.41) is 3.48. The number of benzene rings is 2. The first kappa shape index (κ1) is 21.3. The first-order valence-electron chi connectivity index (χ1n) is 12.3. The summed E-state index contributed by atoms with van der Waals surface area (Å²) in [4.78, 5) is 5.24. The maximum atomic E-state index is 6.65. The van der Waals surface area contributed by atoms with Gasteiger partial charge in [-0.2, -0.15) is 0 Å². The topological polar surface area (TPSA) is 29.9 Å². The Kier molecular flexibility index (Phi) is 4.34. The number of rotatable bonds is 1. The molecule has 34 heavy (non-hydrogen) atoms. The van der Waals surface area contributed by atoms with Crippen LogP contribution in [0.5, 0.6) is 0 Å². The van der Waals surface area contributed by atoms with E-state index in [1.165, 1.54) is 45.9 Å². The lowest BCUT2D eigenvalue weighted by atomic mass is 9.62. The molecule has 0 N–H and O–H groups in total. The van der Waals surface area contributed by atoms with Crippen LogP contribution >= 0.6 is 0 Å². The number of hydrogen-bond acceptors (Lipinski definition) is 2. The first-order valence-corrected chi connectivity index (χ1v) is 12.3. The molecule has 1 aliphatic carbocycles. The molecular formula is C31H33N2O+. The number of pyridine rings is 2. The number of furan rings is 1. The molecule has 3 nitrogen and oxygen atoms in total. The number of hydrogen-bond donors (Lipinski definition) is 0. The molecule has 0 radical (unpaired) electrons. The Bertz CT molecular complexity index is 1640. The normalized spacial score (nSPS) is 16.9. The van der Waals surface area contributed by atoms with Gasteiger partial charge in [0, 0.05) is 28.3 Å². The standard InChI is InChI=1S/C31H33N2O/c1-18-16-19(2)25(23-10-8-9-15-33(23)7)28-24(18)21-17-20-11-12-22-26(27(20)32-29(21)34-28)31(5,6)14-13-30(22,3)4/h8-12,15-17H,13-14H2,1-7H3/q+1. The van der Waals surface area contributed by atoms with E-state index in [4.69, 9.17) is 9.40 Å². The van der Waals surface area contributed by atoms with Gasteiger partial charge in [-0.15, -0.1) is 0 Å². The lowest BCUT2D eigenvalue weighted by molar-refractivity contribution is -0.660. The summed E-state index contributed by atoms with van der Waals surface area (Å²) in [6.07, 6.45) is 4.45. The van der Waals surface area contributed by atoms with Crippen LogP contribution in [0, 0.1) is 13.8 Å². The summed E-state index contributed by atoms with van der Waals surface area (Å²) in [5.74, 6) is 0. The summed E-state index contributed by atoms with van der Waals surface area (Å²) < 4.78 is 8.81. The van der Waals surface area contributed by atoms with E-state index in [-0.39, 0.29) is 10.8 Å². The minimum absolute atomic E-state index is 0.0898. The van der Waals surface area contributed by atoms with E-state index in [1.807, 2.05) is 0 Å². The van der Waals surface area contributed by atoms with Gasteiger partial charge in [0.1, 0.15) is 7.05 Å². The average molecular weight is 450 g/mol. The second-order valence-corrected chi connectivity index (χ2v) is 11.6. The maximum absolute atomic E-state index is 6.65. The lowest BCUT2D eigenvalue weighted by Crippen LogP contribution is -2.34. The zero-order valence-corrected chi connectivity index (χ0v) is 21.3.